The van der Waals surface area contributed by atoms with Crippen molar-refractivity contribution < 1.29 is 60.5 Å². The van der Waals surface area contributed by atoms with Crippen molar-refractivity contribution in [2.45, 2.75) is 50.2 Å². The minimum absolute atomic E-state index is 0.160. The van der Waals surface area contributed by atoms with Crippen LogP contribution in [0.5, 0.6) is 0 Å². The summed E-state index contributed by atoms with van der Waals surface area (Å²) >= 11 is 0. The van der Waals surface area contributed by atoms with E-state index in [4.69, 9.17) is 36.7 Å². The van der Waals surface area contributed by atoms with Crippen molar-refractivity contribution in [3.63, 3.8) is 0 Å². The van der Waals surface area contributed by atoms with Gasteiger partial charge in [0.1, 0.15) is 6.04 Å². The predicted octanol–water partition coefficient (Wildman–Crippen LogP) is 4.00. The molecule has 9 N–H and O–H groups in total. The number of urea groups is 1. The molecule has 0 aliphatic carbocycles. The highest BCUT2D eigenvalue weighted by Crippen LogP contribution is 2.29. The Bertz CT molecular complexity index is 1650. The lowest BCUT2D eigenvalue weighted by molar-refractivity contribution is -0.193. The van der Waals surface area contributed by atoms with E-state index in [1.807, 2.05) is 84.9 Å². The van der Waals surface area contributed by atoms with E-state index in [-0.39, 0.29) is 24.4 Å². The molecule has 1 atom stereocenters. The van der Waals surface area contributed by atoms with Crippen LogP contribution in [0, 0.1) is 5.41 Å². The van der Waals surface area contributed by atoms with Crippen LogP contribution in [0.2, 0.25) is 0 Å². The van der Waals surface area contributed by atoms with Crippen LogP contribution in [-0.2, 0) is 32.3 Å². The first-order valence-electron chi connectivity index (χ1n) is 16.0. The minimum atomic E-state index is -5.08. The van der Waals surface area contributed by atoms with Gasteiger partial charge >= 0.3 is 30.3 Å². The summed E-state index contributed by atoms with van der Waals surface area (Å²) in [5, 5.41) is 27.2. The van der Waals surface area contributed by atoms with Gasteiger partial charge in [-0.05, 0) is 35.1 Å². The number of guanidine groups is 1. The summed E-state index contributed by atoms with van der Waals surface area (Å²) in [4.78, 5) is 60.0. The van der Waals surface area contributed by atoms with Gasteiger partial charge in [-0.1, -0.05) is 84.9 Å². The summed E-state index contributed by atoms with van der Waals surface area (Å²) < 4.78 is 63.5. The standard InChI is InChI=1S/C31H39N7O3.2C2HF3O2/c1-37(2)31(41)36-20-22-15-17-23(18-16-22)21-38(26(28(32)39)14-9-19-35-30(33)34)29(40)27(24-10-5-3-6-11-24)25-12-7-4-8-13-25;2*3-2(4,5)1(6)7/h3-8,10-13,15-18,26-27H,9,14,19-21H2,1-2H3,(H2,32,39)(H,36,41)(H4,33,34,35);2*(H,6,7)/t26-;;/m1../s1. The van der Waals surface area contributed by atoms with Crippen molar-refractivity contribution >= 4 is 35.7 Å². The maximum absolute atomic E-state index is 14.4. The number of carboxylic acids is 2. The Labute approximate surface area is 311 Å². The largest absolute Gasteiger partial charge is 0.490 e. The topological polar surface area (TPSA) is 232 Å². The first kappa shape index (κ1) is 46.7. The normalized spacial score (nSPS) is 11.4. The monoisotopic (exact) mass is 785 g/mol. The highest BCUT2D eigenvalue weighted by Gasteiger charge is 2.39. The molecule has 4 amide bonds. The number of nitrogens with zero attached hydrogens (tertiary/aromatic N) is 2. The molecule has 0 aliphatic heterocycles. The second-order valence-corrected chi connectivity index (χ2v) is 11.6. The van der Waals surface area contributed by atoms with E-state index < -0.39 is 42.2 Å². The summed E-state index contributed by atoms with van der Waals surface area (Å²) in [6.07, 6.45) is -9.39. The molecule has 300 valence electrons. The van der Waals surface area contributed by atoms with E-state index in [0.29, 0.717) is 25.9 Å². The van der Waals surface area contributed by atoms with Gasteiger partial charge < -0.3 is 42.1 Å². The van der Waals surface area contributed by atoms with E-state index in [9.17, 15) is 40.7 Å². The van der Waals surface area contributed by atoms with Gasteiger partial charge in [-0.15, -0.1) is 0 Å². The van der Waals surface area contributed by atoms with Crippen LogP contribution in [0.3, 0.4) is 0 Å². The number of hydrogen-bond acceptors (Lipinski definition) is 6. The molecule has 0 aromatic heterocycles. The number of primary amides is 1. The zero-order chi connectivity index (χ0) is 41.9. The van der Waals surface area contributed by atoms with Crippen LogP contribution in [0.4, 0.5) is 31.1 Å². The number of alkyl halides is 6. The van der Waals surface area contributed by atoms with Gasteiger partial charge in [-0.25, -0.2) is 14.4 Å². The Morgan fingerprint density at radius 2 is 1.15 bits per heavy atom. The molecule has 0 unspecified atom stereocenters. The number of carbonyl (C=O) groups excluding carboxylic acids is 3. The molecule has 0 aliphatic rings. The molecule has 20 heteroatoms. The van der Waals surface area contributed by atoms with E-state index in [1.54, 1.807) is 19.0 Å². The number of carbonyl (C=O) groups is 5. The molecule has 3 rings (SSSR count). The van der Waals surface area contributed by atoms with E-state index >= 15 is 0 Å². The number of amides is 4. The summed E-state index contributed by atoms with van der Waals surface area (Å²) in [7, 11) is 3.35. The molecule has 14 nitrogen and oxygen atoms in total. The fourth-order valence-electron chi connectivity index (χ4n) is 4.54. The number of nitrogens with one attached hydrogen (secondary N) is 3. The van der Waals surface area contributed by atoms with Gasteiger partial charge in [-0.3, -0.25) is 15.0 Å². The van der Waals surface area contributed by atoms with Crippen molar-refractivity contribution in [2.75, 3.05) is 20.6 Å². The first-order valence-corrected chi connectivity index (χ1v) is 16.0. The number of aliphatic carboxylic acids is 2. The van der Waals surface area contributed by atoms with Crippen LogP contribution in [-0.4, -0.2) is 94.8 Å². The van der Waals surface area contributed by atoms with E-state index in [2.05, 4.69) is 10.6 Å². The molecule has 0 spiro atoms. The van der Waals surface area contributed by atoms with Gasteiger partial charge in [0.2, 0.25) is 11.8 Å². The molecular formula is C35H41F6N7O7. The number of nitrogens with two attached hydrogens (primary N) is 2. The van der Waals surface area contributed by atoms with Crippen LogP contribution in [0.1, 0.15) is 41.0 Å². The van der Waals surface area contributed by atoms with E-state index in [0.717, 1.165) is 22.3 Å². The Morgan fingerprint density at radius 3 is 1.51 bits per heavy atom. The van der Waals surface area contributed by atoms with Gasteiger partial charge in [-0.2, -0.15) is 26.3 Å². The zero-order valence-corrected chi connectivity index (χ0v) is 29.5. The first-order chi connectivity index (χ1) is 25.6. The summed E-state index contributed by atoms with van der Waals surface area (Å²) in [5.74, 6) is -7.17. The molecular weight excluding hydrogens is 744 g/mol. The van der Waals surface area contributed by atoms with Crippen molar-refractivity contribution in [2.24, 2.45) is 11.5 Å². The Hall–Kier alpha value is -6.34. The second-order valence-electron chi connectivity index (χ2n) is 11.6. The van der Waals surface area contributed by atoms with Crippen molar-refractivity contribution in [1.82, 2.24) is 20.4 Å². The predicted molar refractivity (Wildman–Crippen MR) is 187 cm³/mol. The number of hydrogen-bond donors (Lipinski definition) is 7. The number of carboxylic acid groups (broad SMARTS) is 2. The average Bonchev–Trinajstić information content (AvgIpc) is 3.10. The lowest BCUT2D eigenvalue weighted by Crippen LogP contribution is -2.49. The Kier molecular flexibility index (Phi) is 18.7. The van der Waals surface area contributed by atoms with Gasteiger partial charge in [0.15, 0.2) is 5.96 Å². The lowest BCUT2D eigenvalue weighted by Gasteiger charge is -2.33. The van der Waals surface area contributed by atoms with Crippen LogP contribution in [0.15, 0.2) is 84.9 Å². The Balaban J connectivity index is 0.000000913. The van der Waals surface area contributed by atoms with Crippen LogP contribution < -0.4 is 22.1 Å². The third-order valence-corrected chi connectivity index (χ3v) is 7.18. The average molecular weight is 786 g/mol. The fraction of sp³-hybridized carbons (Fsp3) is 0.314. The molecule has 3 aromatic rings. The fourth-order valence-corrected chi connectivity index (χ4v) is 4.54. The third kappa shape index (κ3) is 17.4. The molecule has 3 aromatic carbocycles. The smallest absolute Gasteiger partial charge is 0.475 e. The maximum Gasteiger partial charge on any atom is 0.490 e. The van der Waals surface area contributed by atoms with Crippen LogP contribution >= 0.6 is 0 Å². The van der Waals surface area contributed by atoms with Crippen LogP contribution in [0.25, 0.3) is 0 Å². The number of rotatable bonds is 13. The maximum atomic E-state index is 14.4. The second kappa shape index (κ2) is 22.0. The molecule has 55 heavy (non-hydrogen) atoms. The summed E-state index contributed by atoms with van der Waals surface area (Å²) in [6, 6.07) is 25.4. The zero-order valence-electron chi connectivity index (χ0n) is 29.5. The Morgan fingerprint density at radius 1 is 0.727 bits per heavy atom. The van der Waals surface area contributed by atoms with E-state index in [1.165, 1.54) is 4.90 Å². The minimum Gasteiger partial charge on any atom is -0.475 e. The SMILES string of the molecule is CN(C)C(=O)NCc1ccc(CN(C(=O)C(c2ccccc2)c2ccccc2)[C@H](CCCNC(=N)N)C(N)=O)cc1.O=C(O)C(F)(F)F.O=C(O)C(F)(F)F. The summed E-state index contributed by atoms with van der Waals surface area (Å²) in [6.45, 7) is 0.888. The van der Waals surface area contributed by atoms with Gasteiger partial charge in [0.05, 0.1) is 5.92 Å². The molecule has 0 radical (unpaired) electrons. The third-order valence-electron chi connectivity index (χ3n) is 7.18. The van der Waals surface area contributed by atoms with Crippen molar-refractivity contribution in [3.05, 3.63) is 107 Å². The van der Waals surface area contributed by atoms with Gasteiger partial charge in [0, 0.05) is 33.7 Å². The van der Waals surface area contributed by atoms with Gasteiger partial charge in [0.25, 0.3) is 0 Å². The molecule has 0 saturated carbocycles. The summed E-state index contributed by atoms with van der Waals surface area (Å²) in [5.41, 5.74) is 14.6. The molecule has 0 saturated heterocycles. The quantitative estimate of drug-likeness (QED) is 0.0574. The van der Waals surface area contributed by atoms with Crippen molar-refractivity contribution in [1.29, 1.82) is 5.41 Å². The highest BCUT2D eigenvalue weighted by molar-refractivity contribution is 5.92. The number of benzene rings is 3. The number of halogens is 6. The van der Waals surface area contributed by atoms with Crippen molar-refractivity contribution in [3.8, 4) is 0 Å². The molecule has 0 fully saturated rings. The lowest BCUT2D eigenvalue weighted by atomic mass is 9.89. The molecule has 0 bridgehead atoms. The molecule has 0 heterocycles. The highest BCUT2D eigenvalue weighted by atomic mass is 19.4.